The van der Waals surface area contributed by atoms with Crippen molar-refractivity contribution >= 4 is 12.0 Å². The van der Waals surface area contributed by atoms with Crippen molar-refractivity contribution in [1.29, 1.82) is 0 Å². The van der Waals surface area contributed by atoms with Crippen molar-refractivity contribution in [3.8, 4) is 5.75 Å². The zero-order valence-corrected chi connectivity index (χ0v) is 9.90. The van der Waals surface area contributed by atoms with Crippen LogP contribution in [0.25, 0.3) is 0 Å². The fourth-order valence-corrected chi connectivity index (χ4v) is 1.42. The maximum absolute atomic E-state index is 11.6. The largest absolute Gasteiger partial charge is 0.411 e. The van der Waals surface area contributed by atoms with E-state index in [1.807, 2.05) is 13.8 Å². The molecule has 1 atom stereocenters. The summed E-state index contributed by atoms with van der Waals surface area (Å²) < 4.78 is 4.70. The molecule has 0 bridgehead atoms. The molecule has 17 heavy (non-hydrogen) atoms. The molecular formula is C12H16N2O3. The summed E-state index contributed by atoms with van der Waals surface area (Å²) in [7, 11) is 0. The molecule has 0 saturated heterocycles. The SMILES string of the molecule is CCNC(=O)[C@H](C)c1ccc(OC(N)=O)cc1. The van der Waals surface area contributed by atoms with Crippen molar-refractivity contribution in [2.24, 2.45) is 5.73 Å². The third-order valence-electron chi connectivity index (χ3n) is 2.34. The van der Waals surface area contributed by atoms with Gasteiger partial charge in [0.1, 0.15) is 5.75 Å². The van der Waals surface area contributed by atoms with Crippen molar-refractivity contribution in [3.05, 3.63) is 29.8 Å². The van der Waals surface area contributed by atoms with Crippen LogP contribution in [0, 0.1) is 0 Å². The Balaban J connectivity index is 2.73. The Labute approximate surface area is 99.9 Å². The number of rotatable bonds is 4. The average molecular weight is 236 g/mol. The minimum atomic E-state index is -0.852. The maximum atomic E-state index is 11.6. The van der Waals surface area contributed by atoms with Gasteiger partial charge in [-0.3, -0.25) is 4.79 Å². The van der Waals surface area contributed by atoms with Crippen molar-refractivity contribution in [2.45, 2.75) is 19.8 Å². The van der Waals surface area contributed by atoms with Crippen molar-refractivity contribution < 1.29 is 14.3 Å². The lowest BCUT2D eigenvalue weighted by Gasteiger charge is -2.11. The average Bonchev–Trinajstić information content (AvgIpc) is 2.28. The van der Waals surface area contributed by atoms with Gasteiger partial charge in [0, 0.05) is 6.54 Å². The third-order valence-corrected chi connectivity index (χ3v) is 2.34. The molecule has 3 N–H and O–H groups in total. The first-order valence-electron chi connectivity index (χ1n) is 5.39. The second kappa shape index (κ2) is 5.89. The number of likely N-dealkylation sites (N-methyl/N-ethyl adjacent to an activating group) is 1. The second-order valence-electron chi connectivity index (χ2n) is 3.61. The highest BCUT2D eigenvalue weighted by molar-refractivity contribution is 5.83. The Morgan fingerprint density at radius 1 is 1.35 bits per heavy atom. The van der Waals surface area contributed by atoms with E-state index in [0.29, 0.717) is 12.3 Å². The van der Waals surface area contributed by atoms with E-state index in [1.54, 1.807) is 24.3 Å². The van der Waals surface area contributed by atoms with Crippen LogP contribution in [0.1, 0.15) is 25.3 Å². The number of benzene rings is 1. The predicted octanol–water partition coefficient (Wildman–Crippen LogP) is 1.38. The maximum Gasteiger partial charge on any atom is 0.409 e. The molecule has 0 saturated carbocycles. The summed E-state index contributed by atoms with van der Waals surface area (Å²) in [6, 6.07) is 6.68. The molecule has 92 valence electrons. The summed E-state index contributed by atoms with van der Waals surface area (Å²) in [6.07, 6.45) is -0.852. The van der Waals surface area contributed by atoms with Crippen molar-refractivity contribution in [3.63, 3.8) is 0 Å². The Morgan fingerprint density at radius 3 is 2.41 bits per heavy atom. The highest BCUT2D eigenvalue weighted by atomic mass is 16.5. The van der Waals surface area contributed by atoms with E-state index in [0.717, 1.165) is 5.56 Å². The van der Waals surface area contributed by atoms with E-state index in [1.165, 1.54) is 0 Å². The number of hydrogen-bond donors (Lipinski definition) is 2. The number of nitrogens with one attached hydrogen (secondary N) is 1. The van der Waals surface area contributed by atoms with Crippen LogP contribution in [-0.4, -0.2) is 18.5 Å². The van der Waals surface area contributed by atoms with Crippen LogP contribution in [0.2, 0.25) is 0 Å². The molecule has 0 aliphatic heterocycles. The molecule has 0 fully saturated rings. The minimum Gasteiger partial charge on any atom is -0.411 e. The van der Waals surface area contributed by atoms with Gasteiger partial charge in [0.15, 0.2) is 0 Å². The molecular weight excluding hydrogens is 220 g/mol. The first-order chi connectivity index (χ1) is 8.04. The molecule has 0 heterocycles. The lowest BCUT2D eigenvalue weighted by molar-refractivity contribution is -0.122. The lowest BCUT2D eigenvalue weighted by Crippen LogP contribution is -2.27. The number of carbonyl (C=O) groups is 2. The Morgan fingerprint density at radius 2 is 1.94 bits per heavy atom. The van der Waals surface area contributed by atoms with Crippen molar-refractivity contribution in [1.82, 2.24) is 5.32 Å². The highest BCUT2D eigenvalue weighted by Gasteiger charge is 2.14. The summed E-state index contributed by atoms with van der Waals surface area (Å²) >= 11 is 0. The molecule has 0 aliphatic carbocycles. The van der Waals surface area contributed by atoms with Gasteiger partial charge >= 0.3 is 6.09 Å². The summed E-state index contributed by atoms with van der Waals surface area (Å²) in [5, 5.41) is 2.75. The van der Waals surface area contributed by atoms with Crippen LogP contribution in [-0.2, 0) is 4.79 Å². The Kier molecular flexibility index (Phi) is 4.51. The predicted molar refractivity (Wildman–Crippen MR) is 63.8 cm³/mol. The van der Waals surface area contributed by atoms with Gasteiger partial charge in [-0.1, -0.05) is 12.1 Å². The molecule has 0 radical (unpaired) electrons. The van der Waals surface area contributed by atoms with Crippen LogP contribution in [0.5, 0.6) is 5.75 Å². The summed E-state index contributed by atoms with van der Waals surface area (Å²) in [5.74, 6) is 0.0954. The summed E-state index contributed by atoms with van der Waals surface area (Å²) in [5.41, 5.74) is 5.74. The fraction of sp³-hybridized carbons (Fsp3) is 0.333. The van der Waals surface area contributed by atoms with E-state index in [9.17, 15) is 9.59 Å². The van der Waals surface area contributed by atoms with Crippen LogP contribution >= 0.6 is 0 Å². The van der Waals surface area contributed by atoms with E-state index in [-0.39, 0.29) is 11.8 Å². The molecule has 5 heteroatoms. The first kappa shape index (κ1) is 13.0. The van der Waals surface area contributed by atoms with Gasteiger partial charge in [0.2, 0.25) is 5.91 Å². The quantitative estimate of drug-likeness (QED) is 0.828. The number of nitrogens with two attached hydrogens (primary N) is 1. The standard InChI is InChI=1S/C12H16N2O3/c1-3-14-11(15)8(2)9-4-6-10(7-5-9)17-12(13)16/h4-8H,3H2,1-2H3,(H2,13,16)(H,14,15)/t8-/m1/s1. The number of hydrogen-bond acceptors (Lipinski definition) is 3. The molecule has 1 rings (SSSR count). The normalized spacial score (nSPS) is 11.6. The topological polar surface area (TPSA) is 81.4 Å². The molecule has 2 amide bonds. The monoisotopic (exact) mass is 236 g/mol. The third kappa shape index (κ3) is 3.79. The molecule has 0 unspecified atom stereocenters. The summed E-state index contributed by atoms with van der Waals surface area (Å²) in [6.45, 7) is 4.29. The van der Waals surface area contributed by atoms with Gasteiger partial charge in [0.05, 0.1) is 5.92 Å². The van der Waals surface area contributed by atoms with Gasteiger partial charge in [-0.15, -0.1) is 0 Å². The Hall–Kier alpha value is -2.04. The molecule has 1 aromatic carbocycles. The molecule has 0 spiro atoms. The van der Waals surface area contributed by atoms with Gasteiger partial charge < -0.3 is 15.8 Å². The van der Waals surface area contributed by atoms with Gasteiger partial charge in [-0.25, -0.2) is 4.79 Å². The van der Waals surface area contributed by atoms with Crippen LogP contribution in [0.15, 0.2) is 24.3 Å². The van der Waals surface area contributed by atoms with E-state index in [4.69, 9.17) is 10.5 Å². The first-order valence-corrected chi connectivity index (χ1v) is 5.39. The van der Waals surface area contributed by atoms with E-state index >= 15 is 0 Å². The molecule has 1 aromatic rings. The smallest absolute Gasteiger partial charge is 0.409 e. The number of primary amides is 1. The van der Waals surface area contributed by atoms with Gasteiger partial charge in [0.25, 0.3) is 0 Å². The van der Waals surface area contributed by atoms with Crippen LogP contribution in [0.4, 0.5) is 4.79 Å². The van der Waals surface area contributed by atoms with Crippen LogP contribution < -0.4 is 15.8 Å². The van der Waals surface area contributed by atoms with E-state index < -0.39 is 6.09 Å². The van der Waals surface area contributed by atoms with Crippen molar-refractivity contribution in [2.75, 3.05) is 6.54 Å². The van der Waals surface area contributed by atoms with Gasteiger partial charge in [-0.05, 0) is 31.5 Å². The number of amides is 2. The van der Waals surface area contributed by atoms with Gasteiger partial charge in [-0.2, -0.15) is 0 Å². The zero-order chi connectivity index (χ0) is 12.8. The number of ether oxygens (including phenoxy) is 1. The van der Waals surface area contributed by atoms with Crippen LogP contribution in [0.3, 0.4) is 0 Å². The minimum absolute atomic E-state index is 0.0314. The highest BCUT2D eigenvalue weighted by Crippen LogP contribution is 2.19. The molecule has 5 nitrogen and oxygen atoms in total. The molecule has 0 aromatic heterocycles. The fourth-order valence-electron chi connectivity index (χ4n) is 1.42. The summed E-state index contributed by atoms with van der Waals surface area (Å²) in [4.78, 5) is 22.1. The lowest BCUT2D eigenvalue weighted by atomic mass is 10.0. The Bertz CT molecular complexity index is 401. The second-order valence-corrected chi connectivity index (χ2v) is 3.61. The van der Waals surface area contributed by atoms with E-state index in [2.05, 4.69) is 5.32 Å². The zero-order valence-electron chi connectivity index (χ0n) is 9.90. The number of carbonyl (C=O) groups excluding carboxylic acids is 2. The molecule has 0 aliphatic rings.